The first-order valence-corrected chi connectivity index (χ1v) is 0.928. The molecule has 0 atom stereocenters. The van der Waals surface area contributed by atoms with E-state index >= 15 is 0 Å². The van der Waals surface area contributed by atoms with Crippen LogP contribution in [0, 0.1) is 0 Å². The van der Waals surface area contributed by atoms with E-state index in [0.717, 1.165) is 6.92 Å². The average Bonchev–Trinajstić information content (AvgIpc) is 0.811. The number of carboxylic acids is 1. The second kappa shape index (κ2) is 8.97. The second-order valence-electron chi connectivity index (χ2n) is 0.519. The van der Waals surface area contributed by atoms with Crippen molar-refractivity contribution < 1.29 is 31.0 Å². The smallest absolute Gasteiger partial charge is 0.300 e. The number of aliphatic carboxylic acids is 1. The van der Waals surface area contributed by atoms with E-state index in [4.69, 9.17) is 9.90 Å². The summed E-state index contributed by atoms with van der Waals surface area (Å²) in [6.07, 6.45) is 0. The minimum atomic E-state index is -0.833. The van der Waals surface area contributed by atoms with Crippen molar-refractivity contribution in [2.24, 2.45) is 0 Å². The zero-order valence-corrected chi connectivity index (χ0v) is 6.27. The quantitative estimate of drug-likeness (QED) is 0.603. The first-order valence-electron chi connectivity index (χ1n) is 0.928. The minimum absolute atomic E-state index is 0. The van der Waals surface area contributed by atoms with E-state index in [2.05, 4.69) is 0 Å². The van der Waals surface area contributed by atoms with Crippen LogP contribution in [-0.2, 0) is 25.9 Å². The van der Waals surface area contributed by atoms with Crippen molar-refractivity contribution in [2.75, 3.05) is 0 Å². The monoisotopic (exact) mass is 255 g/mol. The molecule has 0 heterocycles. The van der Waals surface area contributed by atoms with E-state index < -0.39 is 5.97 Å². The van der Waals surface area contributed by atoms with Gasteiger partial charge in [-0.3, -0.25) is 4.79 Å². The minimum Gasteiger partial charge on any atom is -0.481 e. The van der Waals surface area contributed by atoms with Crippen LogP contribution >= 0.6 is 0 Å². The molecule has 0 aliphatic heterocycles. The number of carboxylic acid groups (broad SMARTS) is 1. The largest absolute Gasteiger partial charge is 0.481 e. The molecule has 4 heteroatoms. The second-order valence-corrected chi connectivity index (χ2v) is 0.519. The SMILES string of the molecule is CC(=O)O.[B].[W]. The molecule has 0 saturated heterocycles. The summed E-state index contributed by atoms with van der Waals surface area (Å²) in [6.45, 7) is 1.08. The summed E-state index contributed by atoms with van der Waals surface area (Å²) in [5, 5.41) is 7.42. The van der Waals surface area contributed by atoms with E-state index in [1.54, 1.807) is 0 Å². The Kier molecular flexibility index (Phi) is 24.4. The molecule has 0 unspecified atom stereocenters. The van der Waals surface area contributed by atoms with Crippen LogP contribution in [0.5, 0.6) is 0 Å². The Morgan fingerprint density at radius 1 is 1.67 bits per heavy atom. The molecule has 0 aromatic rings. The first-order chi connectivity index (χ1) is 1.73. The zero-order chi connectivity index (χ0) is 3.58. The summed E-state index contributed by atoms with van der Waals surface area (Å²) >= 11 is 0. The van der Waals surface area contributed by atoms with Crippen LogP contribution < -0.4 is 0 Å². The van der Waals surface area contributed by atoms with Crippen LogP contribution in [0.1, 0.15) is 6.92 Å². The molecular weight excluding hydrogens is 251 g/mol. The van der Waals surface area contributed by atoms with Gasteiger partial charge >= 0.3 is 0 Å². The predicted molar refractivity (Wildman–Crippen MR) is 19.1 cm³/mol. The van der Waals surface area contributed by atoms with Gasteiger partial charge in [0.25, 0.3) is 5.97 Å². The zero-order valence-electron chi connectivity index (χ0n) is 3.34. The summed E-state index contributed by atoms with van der Waals surface area (Å²) in [6, 6.07) is 0. The maximum absolute atomic E-state index is 9.00. The molecule has 0 amide bonds. The molecule has 2 nitrogen and oxygen atoms in total. The summed E-state index contributed by atoms with van der Waals surface area (Å²) in [4.78, 5) is 9.00. The molecule has 0 saturated carbocycles. The van der Waals surface area contributed by atoms with Gasteiger partial charge in [-0.1, -0.05) is 0 Å². The van der Waals surface area contributed by atoms with Gasteiger partial charge in [0.1, 0.15) is 0 Å². The fraction of sp³-hybridized carbons (Fsp3) is 0.500. The van der Waals surface area contributed by atoms with Crippen LogP contribution in [0.15, 0.2) is 0 Å². The molecule has 0 spiro atoms. The van der Waals surface area contributed by atoms with Crippen LogP contribution in [0.3, 0.4) is 0 Å². The fourth-order valence-electron chi connectivity index (χ4n) is 0. The Bertz CT molecular complexity index is 34.5. The molecule has 3 radical (unpaired) electrons. The van der Waals surface area contributed by atoms with E-state index in [9.17, 15) is 0 Å². The van der Waals surface area contributed by atoms with Crippen molar-refractivity contribution in [3.05, 3.63) is 0 Å². The summed E-state index contributed by atoms with van der Waals surface area (Å²) in [7, 11) is 0. The maximum Gasteiger partial charge on any atom is 0.300 e. The van der Waals surface area contributed by atoms with Gasteiger partial charge in [-0.25, -0.2) is 0 Å². The Labute approximate surface area is 52.8 Å². The molecule has 0 aromatic carbocycles. The standard InChI is InChI=1S/C2H4O2.B.W/c1-2(3)4;;/h1H3,(H,3,4);;. The molecule has 0 fully saturated rings. The predicted octanol–water partition coefficient (Wildman–Crippen LogP) is -0.292. The third-order valence-electron chi connectivity index (χ3n) is 0. The Morgan fingerprint density at radius 2 is 1.67 bits per heavy atom. The van der Waals surface area contributed by atoms with Gasteiger partial charge in [-0.15, -0.1) is 0 Å². The number of hydrogen-bond acceptors (Lipinski definition) is 1. The van der Waals surface area contributed by atoms with Gasteiger partial charge in [0.15, 0.2) is 0 Å². The van der Waals surface area contributed by atoms with E-state index in [-0.39, 0.29) is 29.5 Å². The van der Waals surface area contributed by atoms with Crippen LogP contribution in [0.2, 0.25) is 0 Å². The normalized spacial score (nSPS) is 4.17. The van der Waals surface area contributed by atoms with Crippen molar-refractivity contribution in [3.63, 3.8) is 0 Å². The number of carbonyl (C=O) groups is 1. The third-order valence-corrected chi connectivity index (χ3v) is 0. The van der Waals surface area contributed by atoms with Crippen molar-refractivity contribution >= 4 is 14.4 Å². The summed E-state index contributed by atoms with van der Waals surface area (Å²) in [5.41, 5.74) is 0. The Hall–Kier alpha value is 0.223. The van der Waals surface area contributed by atoms with Gasteiger partial charge in [0.2, 0.25) is 0 Å². The van der Waals surface area contributed by atoms with Gasteiger partial charge in [-0.2, -0.15) is 0 Å². The first kappa shape index (κ1) is 16.3. The summed E-state index contributed by atoms with van der Waals surface area (Å²) < 4.78 is 0. The Balaban J connectivity index is -0.0000000450. The molecule has 0 aromatic heterocycles. The molecule has 0 rings (SSSR count). The van der Waals surface area contributed by atoms with E-state index in [1.165, 1.54) is 0 Å². The van der Waals surface area contributed by atoms with Crippen LogP contribution in [0.25, 0.3) is 0 Å². The molecule has 0 aliphatic rings. The summed E-state index contributed by atoms with van der Waals surface area (Å²) in [5.74, 6) is -0.833. The number of hydrogen-bond donors (Lipinski definition) is 1. The van der Waals surface area contributed by atoms with Crippen LogP contribution in [0.4, 0.5) is 0 Å². The van der Waals surface area contributed by atoms with Gasteiger partial charge in [0.05, 0.1) is 0 Å². The van der Waals surface area contributed by atoms with Crippen molar-refractivity contribution in [2.45, 2.75) is 6.92 Å². The van der Waals surface area contributed by atoms with Crippen molar-refractivity contribution in [3.8, 4) is 0 Å². The number of rotatable bonds is 0. The molecule has 0 aliphatic carbocycles. The van der Waals surface area contributed by atoms with E-state index in [0.29, 0.717) is 0 Å². The van der Waals surface area contributed by atoms with Gasteiger partial charge < -0.3 is 5.11 Å². The maximum atomic E-state index is 9.00. The van der Waals surface area contributed by atoms with E-state index in [1.807, 2.05) is 0 Å². The van der Waals surface area contributed by atoms with Gasteiger partial charge in [0, 0.05) is 36.4 Å². The Morgan fingerprint density at radius 3 is 1.67 bits per heavy atom. The molecule has 6 heavy (non-hydrogen) atoms. The van der Waals surface area contributed by atoms with Gasteiger partial charge in [-0.05, 0) is 0 Å². The third kappa shape index (κ3) is 880. The average molecular weight is 255 g/mol. The fourth-order valence-corrected chi connectivity index (χ4v) is 0. The van der Waals surface area contributed by atoms with Crippen molar-refractivity contribution in [1.82, 2.24) is 0 Å². The molecular formula is C2H4BO2W. The topological polar surface area (TPSA) is 37.3 Å². The molecule has 33 valence electrons. The van der Waals surface area contributed by atoms with Crippen molar-refractivity contribution in [1.29, 1.82) is 0 Å². The van der Waals surface area contributed by atoms with Crippen LogP contribution in [-0.4, -0.2) is 19.5 Å². The molecule has 0 bridgehead atoms. The molecule has 1 N–H and O–H groups in total.